The molecule has 2 aromatic carbocycles. The Morgan fingerprint density at radius 2 is 1.94 bits per heavy atom. The number of methoxy groups -OCH3 is 1. The zero-order chi connectivity index (χ0) is 24.5. The normalized spacial score (nSPS) is 11.0. The van der Waals surface area contributed by atoms with E-state index in [9.17, 15) is 10.1 Å². The maximum absolute atomic E-state index is 12.5. The summed E-state index contributed by atoms with van der Waals surface area (Å²) in [6.07, 6.45) is 2.12. The molecule has 0 fully saturated rings. The fourth-order valence-corrected chi connectivity index (χ4v) is 3.78. The van der Waals surface area contributed by atoms with Gasteiger partial charge in [0.15, 0.2) is 11.5 Å². The minimum atomic E-state index is -0.593. The summed E-state index contributed by atoms with van der Waals surface area (Å²) in [4.78, 5) is 12.5. The quantitative estimate of drug-likeness (QED) is 0.236. The van der Waals surface area contributed by atoms with E-state index < -0.39 is 5.91 Å². The molecule has 0 atom stereocenters. The average molecular weight is 499 g/mol. The largest absolute Gasteiger partial charge is 0.493 e. The number of anilines is 1. The summed E-state index contributed by atoms with van der Waals surface area (Å²) in [5, 5.41) is 21.3. The molecule has 1 N–H and O–H groups in total. The second-order valence-electron chi connectivity index (χ2n) is 7.02. The summed E-state index contributed by atoms with van der Waals surface area (Å²) in [6.45, 7) is 4.50. The number of nitriles is 1. The first-order valence-electron chi connectivity index (χ1n) is 10.4. The number of hydrogen-bond donors (Lipinski definition) is 1. The van der Waals surface area contributed by atoms with Gasteiger partial charge in [0.2, 0.25) is 5.13 Å². The maximum atomic E-state index is 12.5. The Morgan fingerprint density at radius 3 is 2.59 bits per heavy atom. The standard InChI is InChI=1S/C24H23ClN4O4S/c1-4-21-28-29-24(34-21)27-23(30)17(14-26)11-16-12-19(25)22(20(13-16)31-3)33-10-9-32-18-7-5-15(2)6-8-18/h5-8,11-13H,4,9-10H2,1-3H3,(H,27,29,30). The van der Waals surface area contributed by atoms with Crippen LogP contribution in [0.2, 0.25) is 5.02 Å². The predicted molar refractivity (Wildman–Crippen MR) is 132 cm³/mol. The highest BCUT2D eigenvalue weighted by Gasteiger charge is 2.15. The van der Waals surface area contributed by atoms with Gasteiger partial charge in [-0.1, -0.05) is 47.6 Å². The number of carbonyl (C=O) groups excluding carboxylic acids is 1. The van der Waals surface area contributed by atoms with Gasteiger partial charge in [-0.25, -0.2) is 0 Å². The molecule has 3 rings (SSSR count). The Balaban J connectivity index is 1.68. The molecule has 176 valence electrons. The zero-order valence-corrected chi connectivity index (χ0v) is 20.5. The van der Waals surface area contributed by atoms with Crippen molar-refractivity contribution in [1.82, 2.24) is 10.2 Å². The molecule has 0 saturated carbocycles. The van der Waals surface area contributed by atoms with Crippen molar-refractivity contribution in [3.8, 4) is 23.3 Å². The highest BCUT2D eigenvalue weighted by atomic mass is 35.5. The molecule has 10 heteroatoms. The molecular weight excluding hydrogens is 476 g/mol. The molecule has 3 aromatic rings. The van der Waals surface area contributed by atoms with Gasteiger partial charge in [-0.2, -0.15) is 5.26 Å². The van der Waals surface area contributed by atoms with E-state index in [0.717, 1.165) is 16.3 Å². The molecular formula is C24H23ClN4O4S. The number of benzene rings is 2. The Hall–Kier alpha value is -3.61. The van der Waals surface area contributed by atoms with Crippen LogP contribution in [0.1, 0.15) is 23.1 Å². The van der Waals surface area contributed by atoms with Gasteiger partial charge in [0.1, 0.15) is 35.6 Å². The molecule has 0 aliphatic carbocycles. The van der Waals surface area contributed by atoms with Crippen LogP contribution in [0.3, 0.4) is 0 Å². The lowest BCUT2D eigenvalue weighted by Crippen LogP contribution is -2.13. The topological polar surface area (TPSA) is 106 Å². The van der Waals surface area contributed by atoms with E-state index in [1.165, 1.54) is 24.5 Å². The van der Waals surface area contributed by atoms with Crippen LogP contribution in [0, 0.1) is 18.3 Å². The lowest BCUT2D eigenvalue weighted by Gasteiger charge is -2.14. The van der Waals surface area contributed by atoms with Crippen LogP contribution in [-0.4, -0.2) is 36.4 Å². The van der Waals surface area contributed by atoms with Gasteiger partial charge in [-0.3, -0.25) is 10.1 Å². The van der Waals surface area contributed by atoms with E-state index in [2.05, 4.69) is 15.5 Å². The maximum Gasteiger partial charge on any atom is 0.268 e. The van der Waals surface area contributed by atoms with Crippen molar-refractivity contribution in [2.75, 3.05) is 25.6 Å². The first kappa shape index (κ1) is 25.0. The summed E-state index contributed by atoms with van der Waals surface area (Å²) >= 11 is 7.66. The number of rotatable bonds is 10. The van der Waals surface area contributed by atoms with Crippen molar-refractivity contribution in [2.45, 2.75) is 20.3 Å². The average Bonchev–Trinajstić information content (AvgIpc) is 3.29. The minimum Gasteiger partial charge on any atom is -0.493 e. The number of aromatic nitrogens is 2. The van der Waals surface area contributed by atoms with E-state index >= 15 is 0 Å². The second-order valence-corrected chi connectivity index (χ2v) is 8.49. The molecule has 0 spiro atoms. The van der Waals surface area contributed by atoms with E-state index in [1.54, 1.807) is 12.1 Å². The molecule has 1 heterocycles. The van der Waals surface area contributed by atoms with Crippen molar-refractivity contribution in [3.63, 3.8) is 0 Å². The summed E-state index contributed by atoms with van der Waals surface area (Å²) < 4.78 is 16.8. The van der Waals surface area contributed by atoms with Crippen LogP contribution in [0.15, 0.2) is 42.0 Å². The fourth-order valence-electron chi connectivity index (χ4n) is 2.83. The number of ether oxygens (including phenoxy) is 3. The number of amides is 1. The molecule has 8 nitrogen and oxygen atoms in total. The number of hydrogen-bond acceptors (Lipinski definition) is 8. The summed E-state index contributed by atoms with van der Waals surface area (Å²) in [7, 11) is 1.48. The zero-order valence-electron chi connectivity index (χ0n) is 18.9. The Kier molecular flexibility index (Phi) is 8.85. The van der Waals surface area contributed by atoms with Gasteiger partial charge in [0, 0.05) is 0 Å². The van der Waals surface area contributed by atoms with Crippen LogP contribution in [0.5, 0.6) is 17.2 Å². The van der Waals surface area contributed by atoms with Crippen LogP contribution in [-0.2, 0) is 11.2 Å². The number of nitrogens with zero attached hydrogens (tertiary/aromatic N) is 3. The molecule has 0 bridgehead atoms. The fraction of sp³-hybridized carbons (Fsp3) is 0.250. The second kappa shape index (κ2) is 12.0. The van der Waals surface area contributed by atoms with Crippen LogP contribution >= 0.6 is 22.9 Å². The van der Waals surface area contributed by atoms with Crippen molar-refractivity contribution in [3.05, 3.63) is 63.1 Å². The summed E-state index contributed by atoms with van der Waals surface area (Å²) in [5.41, 5.74) is 1.53. The van der Waals surface area contributed by atoms with Crippen molar-refractivity contribution in [2.24, 2.45) is 0 Å². The van der Waals surface area contributed by atoms with Gasteiger partial charge < -0.3 is 14.2 Å². The van der Waals surface area contributed by atoms with E-state index in [1.807, 2.05) is 44.2 Å². The number of nitrogens with one attached hydrogen (secondary N) is 1. The van der Waals surface area contributed by atoms with Crippen molar-refractivity contribution < 1.29 is 19.0 Å². The van der Waals surface area contributed by atoms with Crippen LogP contribution in [0.4, 0.5) is 5.13 Å². The van der Waals surface area contributed by atoms with Crippen molar-refractivity contribution >= 4 is 40.1 Å². The first-order valence-corrected chi connectivity index (χ1v) is 11.6. The third-order valence-corrected chi connectivity index (χ3v) is 5.80. The molecule has 1 aromatic heterocycles. The number of halogens is 1. The van der Waals surface area contributed by atoms with Gasteiger partial charge in [0.25, 0.3) is 5.91 Å². The Morgan fingerprint density at radius 1 is 1.21 bits per heavy atom. The van der Waals surface area contributed by atoms with Gasteiger partial charge in [-0.05, 0) is 49.2 Å². The summed E-state index contributed by atoms with van der Waals surface area (Å²) in [5.74, 6) is 0.862. The summed E-state index contributed by atoms with van der Waals surface area (Å²) in [6, 6.07) is 12.8. The highest BCUT2D eigenvalue weighted by Crippen LogP contribution is 2.37. The molecule has 0 saturated heterocycles. The third-order valence-electron chi connectivity index (χ3n) is 4.54. The van der Waals surface area contributed by atoms with Gasteiger partial charge in [0.05, 0.1) is 12.1 Å². The van der Waals surface area contributed by atoms with Gasteiger partial charge in [-0.15, -0.1) is 10.2 Å². The van der Waals surface area contributed by atoms with E-state index in [0.29, 0.717) is 35.2 Å². The predicted octanol–water partition coefficient (Wildman–Crippen LogP) is 5.07. The SMILES string of the molecule is CCc1nnc(NC(=O)C(C#N)=Cc2cc(Cl)c(OCCOc3ccc(C)cc3)c(OC)c2)s1. The molecule has 0 unspecified atom stereocenters. The van der Waals surface area contributed by atoms with Gasteiger partial charge >= 0.3 is 0 Å². The van der Waals surface area contributed by atoms with E-state index in [4.69, 9.17) is 25.8 Å². The van der Waals surface area contributed by atoms with E-state index in [-0.39, 0.29) is 17.2 Å². The lowest BCUT2D eigenvalue weighted by molar-refractivity contribution is -0.112. The number of carbonyl (C=O) groups is 1. The lowest BCUT2D eigenvalue weighted by atomic mass is 10.1. The first-order chi connectivity index (χ1) is 16.4. The monoisotopic (exact) mass is 498 g/mol. The molecule has 1 amide bonds. The molecule has 0 aliphatic heterocycles. The number of aryl methyl sites for hydroxylation is 2. The van der Waals surface area contributed by atoms with Crippen LogP contribution < -0.4 is 19.5 Å². The minimum absolute atomic E-state index is 0.119. The third kappa shape index (κ3) is 6.70. The molecule has 34 heavy (non-hydrogen) atoms. The smallest absolute Gasteiger partial charge is 0.268 e. The Bertz CT molecular complexity index is 1220. The Labute approximate surface area is 206 Å². The molecule has 0 aliphatic rings. The van der Waals surface area contributed by atoms with Crippen molar-refractivity contribution in [1.29, 1.82) is 5.26 Å². The van der Waals surface area contributed by atoms with Crippen LogP contribution in [0.25, 0.3) is 6.08 Å². The molecule has 0 radical (unpaired) electrons. The highest BCUT2D eigenvalue weighted by molar-refractivity contribution is 7.15.